The summed E-state index contributed by atoms with van der Waals surface area (Å²) < 4.78 is 0. The zero-order chi connectivity index (χ0) is 15.5. The Morgan fingerprint density at radius 3 is 2.77 bits per heavy atom. The Hall–Kier alpha value is -1.99. The number of hydrogen-bond donors (Lipinski definition) is 1. The number of rotatable bonds is 4. The Kier molecular flexibility index (Phi) is 4.35. The van der Waals surface area contributed by atoms with E-state index in [2.05, 4.69) is 14.9 Å². The highest BCUT2D eigenvalue weighted by Gasteiger charge is 2.20. The first-order valence-electron chi connectivity index (χ1n) is 7.23. The lowest BCUT2D eigenvalue weighted by Crippen LogP contribution is -2.47. The maximum absolute atomic E-state index is 11.8. The zero-order valence-electron chi connectivity index (χ0n) is 12.4. The fourth-order valence-electron chi connectivity index (χ4n) is 2.59. The van der Waals surface area contributed by atoms with Gasteiger partial charge in [0.05, 0.1) is 4.88 Å². The highest BCUT2D eigenvalue weighted by Crippen LogP contribution is 2.18. The Morgan fingerprint density at radius 2 is 2.14 bits per heavy atom. The molecule has 7 heteroatoms. The third kappa shape index (κ3) is 3.26. The molecule has 3 rings (SSSR count). The number of nitrogens with zero attached hydrogens (tertiary/aromatic N) is 3. The second kappa shape index (κ2) is 6.41. The molecule has 0 radical (unpaired) electrons. The average Bonchev–Trinajstić information content (AvgIpc) is 2.98. The summed E-state index contributed by atoms with van der Waals surface area (Å²) in [7, 11) is 0. The van der Waals surface area contributed by atoms with Gasteiger partial charge in [-0.25, -0.2) is 4.98 Å². The number of carbonyl (C=O) groups is 1. The van der Waals surface area contributed by atoms with Gasteiger partial charge in [-0.1, -0.05) is 0 Å². The molecule has 116 valence electrons. The van der Waals surface area contributed by atoms with Crippen LogP contribution in [0.15, 0.2) is 28.6 Å². The summed E-state index contributed by atoms with van der Waals surface area (Å²) in [5.74, 6) is 0.618. The van der Waals surface area contributed by atoms with Gasteiger partial charge in [-0.3, -0.25) is 14.5 Å². The minimum absolute atomic E-state index is 0.121. The summed E-state index contributed by atoms with van der Waals surface area (Å²) in [6.07, 6.45) is 3.16. The van der Waals surface area contributed by atoms with E-state index >= 15 is 0 Å². The van der Waals surface area contributed by atoms with Gasteiger partial charge in [-0.15, -0.1) is 11.3 Å². The predicted molar refractivity (Wildman–Crippen MR) is 86.7 cm³/mol. The normalized spacial score (nSPS) is 16.0. The molecule has 0 bridgehead atoms. The molecule has 2 aromatic rings. The van der Waals surface area contributed by atoms with Gasteiger partial charge >= 0.3 is 0 Å². The molecule has 2 aromatic heterocycles. The van der Waals surface area contributed by atoms with Crippen molar-refractivity contribution in [3.63, 3.8) is 0 Å². The van der Waals surface area contributed by atoms with Crippen molar-refractivity contribution in [1.29, 1.82) is 0 Å². The van der Waals surface area contributed by atoms with Gasteiger partial charge in [0.15, 0.2) is 11.6 Å². The molecular formula is C15H18N4O2S. The van der Waals surface area contributed by atoms with Gasteiger partial charge in [0.25, 0.3) is 5.56 Å². The van der Waals surface area contributed by atoms with Crippen molar-refractivity contribution in [2.45, 2.75) is 13.5 Å². The summed E-state index contributed by atoms with van der Waals surface area (Å²) in [6, 6.07) is 1.98. The number of piperazine rings is 1. The van der Waals surface area contributed by atoms with Crippen molar-refractivity contribution in [3.8, 4) is 0 Å². The van der Waals surface area contributed by atoms with Crippen LogP contribution in [0.4, 0.5) is 5.82 Å². The highest BCUT2D eigenvalue weighted by atomic mass is 32.1. The number of nitrogens with one attached hydrogen (secondary N) is 1. The van der Waals surface area contributed by atoms with E-state index < -0.39 is 0 Å². The number of hydrogen-bond acceptors (Lipinski definition) is 6. The maximum atomic E-state index is 11.8. The molecule has 6 nitrogen and oxygen atoms in total. The van der Waals surface area contributed by atoms with E-state index in [4.69, 9.17) is 0 Å². The van der Waals surface area contributed by atoms with Crippen LogP contribution in [0.25, 0.3) is 0 Å². The van der Waals surface area contributed by atoms with Crippen molar-refractivity contribution in [2.75, 3.05) is 31.1 Å². The van der Waals surface area contributed by atoms with Crippen LogP contribution in [0.3, 0.4) is 0 Å². The molecule has 1 aliphatic heterocycles. The number of carbonyl (C=O) groups excluding carboxylic acids is 1. The van der Waals surface area contributed by atoms with Crippen molar-refractivity contribution < 1.29 is 4.79 Å². The van der Waals surface area contributed by atoms with E-state index in [1.165, 1.54) is 16.9 Å². The number of Topliss-reactive ketones (excluding diaryl/α,β-unsaturated/α-hetero) is 1. The molecule has 1 N–H and O–H groups in total. The quantitative estimate of drug-likeness (QED) is 0.862. The Balaban J connectivity index is 1.58. The fraction of sp³-hybridized carbons (Fsp3) is 0.400. The van der Waals surface area contributed by atoms with Gasteiger partial charge in [0.2, 0.25) is 0 Å². The Bertz CT molecular complexity index is 716. The molecule has 0 spiro atoms. The fourth-order valence-corrected chi connectivity index (χ4v) is 3.39. The van der Waals surface area contributed by atoms with Crippen LogP contribution in [0, 0.1) is 0 Å². The SMILES string of the molecule is CC(=O)c1cc(CN2CCN(c3ncc[nH]c3=O)CC2)cs1. The molecule has 0 saturated carbocycles. The van der Waals surface area contributed by atoms with E-state index in [0.29, 0.717) is 5.82 Å². The van der Waals surface area contributed by atoms with Crippen LogP contribution in [0.2, 0.25) is 0 Å². The lowest BCUT2D eigenvalue weighted by Gasteiger charge is -2.34. The van der Waals surface area contributed by atoms with Gasteiger partial charge in [0.1, 0.15) is 0 Å². The molecule has 1 saturated heterocycles. The maximum Gasteiger partial charge on any atom is 0.290 e. The van der Waals surface area contributed by atoms with E-state index in [-0.39, 0.29) is 11.3 Å². The van der Waals surface area contributed by atoms with Gasteiger partial charge in [0, 0.05) is 45.1 Å². The van der Waals surface area contributed by atoms with E-state index in [0.717, 1.165) is 37.6 Å². The van der Waals surface area contributed by atoms with Gasteiger partial charge in [-0.2, -0.15) is 0 Å². The Morgan fingerprint density at radius 1 is 1.36 bits per heavy atom. The molecule has 0 unspecified atom stereocenters. The lowest BCUT2D eigenvalue weighted by atomic mass is 10.2. The first-order valence-corrected chi connectivity index (χ1v) is 8.11. The van der Waals surface area contributed by atoms with Crippen molar-refractivity contribution in [3.05, 3.63) is 44.6 Å². The zero-order valence-corrected chi connectivity index (χ0v) is 13.2. The average molecular weight is 318 g/mol. The standard InChI is InChI=1S/C15H18N4O2S/c1-11(20)13-8-12(10-22-13)9-18-4-6-19(7-5-18)14-15(21)17-3-2-16-14/h2-3,8,10H,4-7,9H2,1H3,(H,17,21). The Labute approximate surface area is 132 Å². The first-order chi connectivity index (χ1) is 10.6. The third-order valence-corrected chi connectivity index (χ3v) is 4.85. The largest absolute Gasteiger partial charge is 0.349 e. The highest BCUT2D eigenvalue weighted by molar-refractivity contribution is 7.12. The minimum Gasteiger partial charge on any atom is -0.349 e. The van der Waals surface area contributed by atoms with Crippen molar-refractivity contribution >= 4 is 22.9 Å². The number of aromatic amines is 1. The molecule has 0 atom stereocenters. The molecule has 0 aromatic carbocycles. The van der Waals surface area contributed by atoms with Crippen LogP contribution >= 0.6 is 11.3 Å². The molecule has 0 amide bonds. The van der Waals surface area contributed by atoms with Crippen LogP contribution in [-0.2, 0) is 6.54 Å². The molecule has 22 heavy (non-hydrogen) atoms. The number of aromatic nitrogens is 2. The van der Waals surface area contributed by atoms with Crippen LogP contribution in [-0.4, -0.2) is 46.8 Å². The molecule has 1 fully saturated rings. The minimum atomic E-state index is -0.139. The second-order valence-electron chi connectivity index (χ2n) is 5.38. The topological polar surface area (TPSA) is 69.3 Å². The monoisotopic (exact) mass is 318 g/mol. The molecule has 3 heterocycles. The predicted octanol–water partition coefficient (Wildman–Crippen LogP) is 1.36. The van der Waals surface area contributed by atoms with Crippen LogP contribution < -0.4 is 10.5 Å². The number of anilines is 1. The van der Waals surface area contributed by atoms with Gasteiger partial charge < -0.3 is 9.88 Å². The van der Waals surface area contributed by atoms with Crippen molar-refractivity contribution in [1.82, 2.24) is 14.9 Å². The van der Waals surface area contributed by atoms with Crippen LogP contribution in [0.1, 0.15) is 22.2 Å². The summed E-state index contributed by atoms with van der Waals surface area (Å²) in [4.78, 5) is 35.1. The first kappa shape index (κ1) is 14.9. The van der Waals surface area contributed by atoms with Crippen LogP contribution in [0.5, 0.6) is 0 Å². The van der Waals surface area contributed by atoms with Crippen molar-refractivity contribution in [2.24, 2.45) is 0 Å². The van der Waals surface area contributed by atoms with E-state index in [1.54, 1.807) is 19.3 Å². The van der Waals surface area contributed by atoms with E-state index in [1.807, 2.05) is 16.3 Å². The summed E-state index contributed by atoms with van der Waals surface area (Å²) >= 11 is 1.50. The molecule has 1 aliphatic rings. The molecular weight excluding hydrogens is 300 g/mol. The number of ketones is 1. The smallest absolute Gasteiger partial charge is 0.290 e. The third-order valence-electron chi connectivity index (χ3n) is 3.77. The lowest BCUT2D eigenvalue weighted by molar-refractivity contribution is 0.102. The second-order valence-corrected chi connectivity index (χ2v) is 6.29. The number of thiophene rings is 1. The molecule has 0 aliphatic carbocycles. The summed E-state index contributed by atoms with van der Waals surface area (Å²) in [5.41, 5.74) is 1.04. The van der Waals surface area contributed by atoms with E-state index in [9.17, 15) is 9.59 Å². The summed E-state index contributed by atoms with van der Waals surface area (Å²) in [5, 5.41) is 2.05. The van der Waals surface area contributed by atoms with Gasteiger partial charge in [-0.05, 0) is 23.9 Å². The number of H-pyrrole nitrogens is 1. The summed E-state index contributed by atoms with van der Waals surface area (Å²) in [6.45, 7) is 5.76.